The summed E-state index contributed by atoms with van der Waals surface area (Å²) in [5.41, 5.74) is 1.69. The molecule has 0 unspecified atom stereocenters. The van der Waals surface area contributed by atoms with Crippen molar-refractivity contribution in [3.63, 3.8) is 0 Å². The fourth-order valence-corrected chi connectivity index (χ4v) is 1.53. The van der Waals surface area contributed by atoms with Crippen molar-refractivity contribution >= 4 is 17.3 Å². The van der Waals surface area contributed by atoms with Crippen LogP contribution < -0.4 is 4.90 Å². The third-order valence-corrected chi connectivity index (χ3v) is 2.42. The Morgan fingerprint density at radius 1 is 1.53 bits per heavy atom. The van der Waals surface area contributed by atoms with Crippen molar-refractivity contribution in [1.29, 1.82) is 5.26 Å². The van der Waals surface area contributed by atoms with Gasteiger partial charge in [-0.15, -0.1) is 0 Å². The Hall–Kier alpha value is -1.24. The van der Waals surface area contributed by atoms with Gasteiger partial charge in [0.25, 0.3) is 0 Å². The van der Waals surface area contributed by atoms with Gasteiger partial charge >= 0.3 is 0 Å². The third kappa shape index (κ3) is 3.12. The lowest BCUT2D eigenvalue weighted by Gasteiger charge is -2.20. The van der Waals surface area contributed by atoms with E-state index >= 15 is 0 Å². The van der Waals surface area contributed by atoms with E-state index in [0.717, 1.165) is 11.3 Å². The van der Waals surface area contributed by atoms with Crippen molar-refractivity contribution < 1.29 is 5.11 Å². The van der Waals surface area contributed by atoms with E-state index in [1.807, 2.05) is 11.9 Å². The van der Waals surface area contributed by atoms with E-state index in [2.05, 4.69) is 6.07 Å². The number of anilines is 1. The van der Waals surface area contributed by atoms with Gasteiger partial charge in [0.2, 0.25) is 0 Å². The van der Waals surface area contributed by atoms with Crippen LogP contribution >= 0.6 is 11.6 Å². The van der Waals surface area contributed by atoms with Crippen LogP contribution in [0.25, 0.3) is 0 Å². The van der Waals surface area contributed by atoms with Crippen molar-refractivity contribution in [2.45, 2.75) is 13.0 Å². The van der Waals surface area contributed by atoms with Gasteiger partial charge in [-0.2, -0.15) is 5.26 Å². The molecule has 1 aromatic carbocycles. The molecule has 4 heteroatoms. The van der Waals surface area contributed by atoms with Crippen molar-refractivity contribution in [2.24, 2.45) is 0 Å². The van der Waals surface area contributed by atoms with Crippen LogP contribution in [-0.2, 0) is 6.61 Å². The molecule has 0 aliphatic carbocycles. The standard InChI is InChI=1S/C11H13ClN2O/c1-14(6-2-5-13)11-7-10(12)4-3-9(11)8-15/h3-4,7,15H,2,6,8H2,1H3. The Labute approximate surface area is 94.5 Å². The molecule has 0 saturated heterocycles. The second-order valence-corrected chi connectivity index (χ2v) is 3.70. The number of nitrogens with zero attached hydrogens (tertiary/aromatic N) is 2. The lowest BCUT2D eigenvalue weighted by atomic mass is 10.1. The van der Waals surface area contributed by atoms with Crippen molar-refractivity contribution in [3.05, 3.63) is 28.8 Å². The topological polar surface area (TPSA) is 47.3 Å². The van der Waals surface area contributed by atoms with Crippen molar-refractivity contribution in [2.75, 3.05) is 18.5 Å². The Kier molecular flexibility index (Phi) is 4.41. The minimum Gasteiger partial charge on any atom is -0.392 e. The number of nitriles is 1. The highest BCUT2D eigenvalue weighted by atomic mass is 35.5. The fourth-order valence-electron chi connectivity index (χ4n) is 1.36. The molecule has 0 fully saturated rings. The molecule has 0 saturated carbocycles. The largest absolute Gasteiger partial charge is 0.392 e. The first-order chi connectivity index (χ1) is 7.19. The summed E-state index contributed by atoms with van der Waals surface area (Å²) in [4.78, 5) is 1.92. The molecule has 1 N–H and O–H groups in total. The molecule has 0 spiro atoms. The molecule has 0 heterocycles. The van der Waals surface area contributed by atoms with Gasteiger partial charge in [-0.25, -0.2) is 0 Å². The molecule has 1 aromatic rings. The van der Waals surface area contributed by atoms with E-state index in [-0.39, 0.29) is 6.61 Å². The maximum absolute atomic E-state index is 9.15. The summed E-state index contributed by atoms with van der Waals surface area (Å²) < 4.78 is 0. The number of halogens is 1. The van der Waals surface area contributed by atoms with Crippen LogP contribution in [0.1, 0.15) is 12.0 Å². The van der Waals surface area contributed by atoms with Gasteiger partial charge in [-0.1, -0.05) is 17.7 Å². The first-order valence-electron chi connectivity index (χ1n) is 4.66. The average Bonchev–Trinajstić information content (AvgIpc) is 2.25. The summed E-state index contributed by atoms with van der Waals surface area (Å²) in [5.74, 6) is 0. The summed E-state index contributed by atoms with van der Waals surface area (Å²) in [7, 11) is 1.88. The smallest absolute Gasteiger partial charge is 0.0702 e. The molecule has 1 rings (SSSR count). The lowest BCUT2D eigenvalue weighted by molar-refractivity contribution is 0.282. The van der Waals surface area contributed by atoms with Gasteiger partial charge in [0.15, 0.2) is 0 Å². The van der Waals surface area contributed by atoms with E-state index in [1.54, 1.807) is 18.2 Å². The van der Waals surface area contributed by atoms with E-state index < -0.39 is 0 Å². The minimum absolute atomic E-state index is 0.0244. The zero-order valence-electron chi connectivity index (χ0n) is 8.57. The molecular weight excluding hydrogens is 212 g/mol. The van der Waals surface area contributed by atoms with E-state index in [0.29, 0.717) is 18.0 Å². The molecule has 80 valence electrons. The maximum atomic E-state index is 9.15. The van der Waals surface area contributed by atoms with Crippen LogP contribution in [0, 0.1) is 11.3 Å². The number of benzene rings is 1. The molecule has 0 bridgehead atoms. The highest BCUT2D eigenvalue weighted by Gasteiger charge is 2.07. The summed E-state index contributed by atoms with van der Waals surface area (Å²) in [6, 6.07) is 7.42. The number of aliphatic hydroxyl groups is 1. The molecule has 0 amide bonds. The average molecular weight is 225 g/mol. The summed E-state index contributed by atoms with van der Waals surface area (Å²) in [5, 5.41) is 18.3. The Morgan fingerprint density at radius 2 is 2.27 bits per heavy atom. The highest BCUT2D eigenvalue weighted by molar-refractivity contribution is 6.30. The fraction of sp³-hybridized carbons (Fsp3) is 0.364. The van der Waals surface area contributed by atoms with Gasteiger partial charge in [-0.05, 0) is 12.1 Å². The zero-order chi connectivity index (χ0) is 11.3. The third-order valence-electron chi connectivity index (χ3n) is 2.19. The second kappa shape index (κ2) is 5.59. The van der Waals surface area contributed by atoms with Crippen LogP contribution in [-0.4, -0.2) is 18.7 Å². The Balaban J connectivity index is 2.90. The first kappa shape index (κ1) is 11.8. The van der Waals surface area contributed by atoms with Gasteiger partial charge in [0, 0.05) is 29.9 Å². The number of hydrogen-bond acceptors (Lipinski definition) is 3. The number of rotatable bonds is 4. The van der Waals surface area contributed by atoms with Gasteiger partial charge in [0.05, 0.1) is 19.1 Å². The first-order valence-corrected chi connectivity index (χ1v) is 5.04. The number of aliphatic hydroxyl groups excluding tert-OH is 1. The van der Waals surface area contributed by atoms with Gasteiger partial charge in [0.1, 0.15) is 0 Å². The quantitative estimate of drug-likeness (QED) is 0.853. The monoisotopic (exact) mass is 224 g/mol. The van der Waals surface area contributed by atoms with Crippen LogP contribution in [0.15, 0.2) is 18.2 Å². The maximum Gasteiger partial charge on any atom is 0.0702 e. The zero-order valence-corrected chi connectivity index (χ0v) is 9.33. The lowest BCUT2D eigenvalue weighted by Crippen LogP contribution is -2.19. The minimum atomic E-state index is -0.0244. The van der Waals surface area contributed by atoms with Crippen molar-refractivity contribution in [1.82, 2.24) is 0 Å². The molecule has 0 atom stereocenters. The van der Waals surface area contributed by atoms with Crippen molar-refractivity contribution in [3.8, 4) is 6.07 Å². The molecular formula is C11H13ClN2O. The predicted molar refractivity (Wildman–Crippen MR) is 60.9 cm³/mol. The molecule has 0 radical (unpaired) electrons. The van der Waals surface area contributed by atoms with Gasteiger partial charge < -0.3 is 10.0 Å². The second-order valence-electron chi connectivity index (χ2n) is 3.26. The Morgan fingerprint density at radius 3 is 2.87 bits per heavy atom. The van der Waals surface area contributed by atoms with E-state index in [9.17, 15) is 0 Å². The van der Waals surface area contributed by atoms with Gasteiger partial charge in [-0.3, -0.25) is 0 Å². The normalized spacial score (nSPS) is 9.73. The van der Waals surface area contributed by atoms with Crippen LogP contribution in [0.3, 0.4) is 0 Å². The van der Waals surface area contributed by atoms with E-state index in [4.69, 9.17) is 22.0 Å². The summed E-state index contributed by atoms with van der Waals surface area (Å²) in [6.45, 7) is 0.604. The molecule has 0 aliphatic heterocycles. The molecule has 0 aliphatic rings. The Bertz CT molecular complexity index is 373. The molecule has 3 nitrogen and oxygen atoms in total. The summed E-state index contributed by atoms with van der Waals surface area (Å²) in [6.07, 6.45) is 0.452. The predicted octanol–water partition coefficient (Wildman–Crippen LogP) is 2.18. The van der Waals surface area contributed by atoms with E-state index in [1.165, 1.54) is 0 Å². The van der Waals surface area contributed by atoms with Crippen LogP contribution in [0.5, 0.6) is 0 Å². The SMILES string of the molecule is CN(CCC#N)c1cc(Cl)ccc1CO. The number of hydrogen-bond donors (Lipinski definition) is 1. The molecule has 15 heavy (non-hydrogen) atoms. The van der Waals surface area contributed by atoms with Crippen LogP contribution in [0.4, 0.5) is 5.69 Å². The van der Waals surface area contributed by atoms with Crippen LogP contribution in [0.2, 0.25) is 5.02 Å². The summed E-state index contributed by atoms with van der Waals surface area (Å²) >= 11 is 5.88. The highest BCUT2D eigenvalue weighted by Crippen LogP contribution is 2.24. The molecule has 0 aromatic heterocycles.